The Bertz CT molecular complexity index is 1020. The number of nitrogens with zero attached hydrogens (tertiary/aromatic N) is 2. The van der Waals surface area contributed by atoms with E-state index in [1.54, 1.807) is 42.5 Å². The number of carbonyl (C=O) groups is 2. The standard InChI is InChI=1S/C25H30N2O6/c1-6-33-17-12-10-16(11-13-17)22-21(24(29)25(30)27(22)15-14-26(2)3)23(28)20-18(31-4)8-7-9-19(20)32-5/h7-13,22,28H,6,14-15H2,1-5H3/b23-21+. The Balaban J connectivity index is 2.21. The van der Waals surface area contributed by atoms with Crippen molar-refractivity contribution in [3.63, 3.8) is 0 Å². The van der Waals surface area contributed by atoms with Crippen LogP contribution in [-0.2, 0) is 9.59 Å². The minimum absolute atomic E-state index is 0.00860. The number of carbonyl (C=O) groups excluding carboxylic acids is 2. The Morgan fingerprint density at radius 1 is 1.03 bits per heavy atom. The number of benzene rings is 2. The molecule has 2 aromatic carbocycles. The van der Waals surface area contributed by atoms with E-state index in [0.29, 0.717) is 42.5 Å². The van der Waals surface area contributed by atoms with Gasteiger partial charge in [-0.05, 0) is 50.8 Å². The summed E-state index contributed by atoms with van der Waals surface area (Å²) in [6, 6.07) is 11.4. The number of likely N-dealkylation sites (tertiary alicyclic amines) is 1. The lowest BCUT2D eigenvalue weighted by atomic mass is 9.94. The zero-order valence-electron chi connectivity index (χ0n) is 19.6. The highest BCUT2D eigenvalue weighted by molar-refractivity contribution is 6.46. The number of ketones is 1. The summed E-state index contributed by atoms with van der Waals surface area (Å²) in [6.07, 6.45) is 0. The molecule has 1 unspecified atom stereocenters. The number of aliphatic hydroxyl groups is 1. The minimum atomic E-state index is -0.768. The van der Waals surface area contributed by atoms with E-state index in [4.69, 9.17) is 14.2 Å². The van der Waals surface area contributed by atoms with Crippen LogP contribution in [-0.4, -0.2) is 74.6 Å². The number of rotatable bonds is 9. The van der Waals surface area contributed by atoms with Crippen molar-refractivity contribution >= 4 is 17.4 Å². The normalized spacial score (nSPS) is 17.5. The number of ether oxygens (including phenoxy) is 3. The average Bonchev–Trinajstić information content (AvgIpc) is 3.07. The monoisotopic (exact) mass is 454 g/mol. The fraction of sp³-hybridized carbons (Fsp3) is 0.360. The molecule has 1 atom stereocenters. The topological polar surface area (TPSA) is 88.5 Å². The maximum absolute atomic E-state index is 13.2. The van der Waals surface area contributed by atoms with Crippen LogP contribution < -0.4 is 14.2 Å². The molecule has 0 aromatic heterocycles. The van der Waals surface area contributed by atoms with Gasteiger partial charge < -0.3 is 29.1 Å². The highest BCUT2D eigenvalue weighted by atomic mass is 16.5. The van der Waals surface area contributed by atoms with Crippen molar-refractivity contribution in [3.8, 4) is 17.2 Å². The predicted octanol–water partition coefficient (Wildman–Crippen LogP) is 3.09. The van der Waals surface area contributed by atoms with Crippen LogP contribution in [0.3, 0.4) is 0 Å². The molecule has 1 amide bonds. The maximum atomic E-state index is 13.2. The summed E-state index contributed by atoms with van der Waals surface area (Å²) in [5.41, 5.74) is 0.904. The number of likely N-dealkylation sites (N-methyl/N-ethyl adjacent to an activating group) is 1. The average molecular weight is 455 g/mol. The molecule has 1 aliphatic rings. The third-order valence-electron chi connectivity index (χ3n) is 5.50. The lowest BCUT2D eigenvalue weighted by Gasteiger charge is -2.27. The van der Waals surface area contributed by atoms with Crippen LogP contribution in [0.4, 0.5) is 0 Å². The minimum Gasteiger partial charge on any atom is -0.506 e. The molecule has 0 spiro atoms. The molecule has 33 heavy (non-hydrogen) atoms. The van der Waals surface area contributed by atoms with Gasteiger partial charge in [-0.1, -0.05) is 18.2 Å². The van der Waals surface area contributed by atoms with Gasteiger partial charge in [-0.25, -0.2) is 0 Å². The van der Waals surface area contributed by atoms with E-state index in [1.807, 2.05) is 25.9 Å². The molecule has 1 fully saturated rings. The summed E-state index contributed by atoms with van der Waals surface area (Å²) in [4.78, 5) is 29.7. The highest BCUT2D eigenvalue weighted by Gasteiger charge is 2.46. The Labute approximate surface area is 194 Å². The lowest BCUT2D eigenvalue weighted by molar-refractivity contribution is -0.140. The summed E-state index contributed by atoms with van der Waals surface area (Å²) >= 11 is 0. The molecule has 1 N–H and O–H groups in total. The van der Waals surface area contributed by atoms with Gasteiger partial charge in [-0.15, -0.1) is 0 Å². The summed E-state index contributed by atoms with van der Waals surface area (Å²) in [7, 11) is 6.71. The highest BCUT2D eigenvalue weighted by Crippen LogP contribution is 2.43. The Hall–Kier alpha value is -3.52. The summed E-state index contributed by atoms with van der Waals surface area (Å²) < 4.78 is 16.4. The zero-order valence-corrected chi connectivity index (χ0v) is 19.6. The van der Waals surface area contributed by atoms with E-state index in [2.05, 4.69) is 0 Å². The summed E-state index contributed by atoms with van der Waals surface area (Å²) in [5.74, 6) is -0.412. The molecule has 8 nitrogen and oxygen atoms in total. The molecule has 1 aliphatic heterocycles. The molecule has 0 bridgehead atoms. The van der Waals surface area contributed by atoms with E-state index in [9.17, 15) is 14.7 Å². The van der Waals surface area contributed by atoms with Gasteiger partial charge in [0.2, 0.25) is 0 Å². The first-order valence-electron chi connectivity index (χ1n) is 10.7. The van der Waals surface area contributed by atoms with Crippen LogP contribution in [0.25, 0.3) is 5.76 Å². The Morgan fingerprint density at radius 2 is 1.64 bits per heavy atom. The van der Waals surface area contributed by atoms with E-state index < -0.39 is 17.7 Å². The zero-order chi connectivity index (χ0) is 24.1. The number of Topliss-reactive ketones (excluding diaryl/α,β-unsaturated/α-hetero) is 1. The van der Waals surface area contributed by atoms with Crippen LogP contribution in [0.5, 0.6) is 17.2 Å². The second kappa shape index (κ2) is 10.4. The van der Waals surface area contributed by atoms with Crippen LogP contribution in [0, 0.1) is 0 Å². The van der Waals surface area contributed by atoms with E-state index in [-0.39, 0.29) is 16.9 Å². The van der Waals surface area contributed by atoms with Gasteiger partial charge in [0, 0.05) is 13.1 Å². The second-order valence-corrected chi connectivity index (χ2v) is 7.84. The molecule has 2 aromatic rings. The van der Waals surface area contributed by atoms with Crippen LogP contribution in [0.1, 0.15) is 24.1 Å². The molecule has 176 valence electrons. The second-order valence-electron chi connectivity index (χ2n) is 7.84. The van der Waals surface area contributed by atoms with Crippen molar-refractivity contribution < 1.29 is 28.9 Å². The fourth-order valence-corrected chi connectivity index (χ4v) is 3.90. The maximum Gasteiger partial charge on any atom is 0.295 e. The van der Waals surface area contributed by atoms with Crippen LogP contribution in [0.2, 0.25) is 0 Å². The van der Waals surface area contributed by atoms with E-state index >= 15 is 0 Å². The van der Waals surface area contributed by atoms with Gasteiger partial charge >= 0.3 is 0 Å². The van der Waals surface area contributed by atoms with Gasteiger partial charge in [0.15, 0.2) is 0 Å². The number of hydrogen-bond acceptors (Lipinski definition) is 7. The van der Waals surface area contributed by atoms with Crippen molar-refractivity contribution in [2.24, 2.45) is 0 Å². The predicted molar refractivity (Wildman–Crippen MR) is 125 cm³/mol. The molecular weight excluding hydrogens is 424 g/mol. The first kappa shape index (κ1) is 24.1. The van der Waals surface area contributed by atoms with Crippen molar-refractivity contribution in [1.29, 1.82) is 0 Å². The smallest absolute Gasteiger partial charge is 0.295 e. The third kappa shape index (κ3) is 4.80. The van der Waals surface area contributed by atoms with Crippen LogP contribution in [0.15, 0.2) is 48.0 Å². The first-order chi connectivity index (χ1) is 15.8. The molecule has 0 aliphatic carbocycles. The van der Waals surface area contributed by atoms with Gasteiger partial charge in [-0.2, -0.15) is 0 Å². The van der Waals surface area contributed by atoms with Crippen molar-refractivity contribution in [1.82, 2.24) is 9.80 Å². The first-order valence-corrected chi connectivity index (χ1v) is 10.7. The van der Waals surface area contributed by atoms with Gasteiger partial charge in [-0.3, -0.25) is 9.59 Å². The Kier molecular flexibility index (Phi) is 7.60. The molecule has 0 radical (unpaired) electrons. The number of methoxy groups -OCH3 is 2. The molecule has 3 rings (SSSR count). The molecule has 1 heterocycles. The number of amides is 1. The molecule has 8 heteroatoms. The van der Waals surface area contributed by atoms with Gasteiger partial charge in [0.25, 0.3) is 11.7 Å². The summed E-state index contributed by atoms with van der Waals surface area (Å²) in [6.45, 7) is 3.28. The summed E-state index contributed by atoms with van der Waals surface area (Å²) in [5, 5.41) is 11.4. The molecule has 1 saturated heterocycles. The quantitative estimate of drug-likeness (QED) is 0.354. The third-order valence-corrected chi connectivity index (χ3v) is 5.50. The SMILES string of the molecule is CCOc1ccc(C2/C(=C(\O)c3c(OC)cccc3OC)C(=O)C(=O)N2CCN(C)C)cc1. The molecular formula is C25H30N2O6. The van der Waals surface area contributed by atoms with Gasteiger partial charge in [0.05, 0.1) is 32.4 Å². The van der Waals surface area contributed by atoms with E-state index in [1.165, 1.54) is 19.1 Å². The van der Waals surface area contributed by atoms with Crippen molar-refractivity contribution in [3.05, 3.63) is 59.2 Å². The van der Waals surface area contributed by atoms with Crippen molar-refractivity contribution in [2.45, 2.75) is 13.0 Å². The fourth-order valence-electron chi connectivity index (χ4n) is 3.90. The van der Waals surface area contributed by atoms with Crippen molar-refractivity contribution in [2.75, 3.05) is 48.0 Å². The lowest BCUT2D eigenvalue weighted by Crippen LogP contribution is -2.35. The van der Waals surface area contributed by atoms with E-state index in [0.717, 1.165) is 0 Å². The molecule has 0 saturated carbocycles. The largest absolute Gasteiger partial charge is 0.506 e. The number of aliphatic hydroxyl groups excluding tert-OH is 1. The Morgan fingerprint density at radius 3 is 2.15 bits per heavy atom. The van der Waals surface area contributed by atoms with Crippen LogP contribution >= 0.6 is 0 Å². The number of hydrogen-bond donors (Lipinski definition) is 1. The van der Waals surface area contributed by atoms with Gasteiger partial charge in [0.1, 0.15) is 28.6 Å².